The molecular weight excluding hydrogens is 776 g/mol. The summed E-state index contributed by atoms with van der Waals surface area (Å²) in [6.45, 7) is 6.32. The molecule has 10 atom stereocenters. The molecule has 0 bridgehead atoms. The number of guanidine groups is 1. The summed E-state index contributed by atoms with van der Waals surface area (Å²) in [6, 6.07) is 0. The molecule has 19 heteroatoms. The Hall–Kier alpha value is -3.89. The minimum absolute atomic E-state index is 0.0398. The number of carbonyl (C=O) groups excluding carboxylic acids is 1. The fourth-order valence-electron chi connectivity index (χ4n) is 8.49. The van der Waals surface area contributed by atoms with E-state index in [1.807, 2.05) is 0 Å². The average Bonchev–Trinajstić information content (AvgIpc) is 3.77. The first-order valence-corrected chi connectivity index (χ1v) is 20.1. The van der Waals surface area contributed by atoms with Crippen LogP contribution in [0.5, 0.6) is 0 Å². The first-order chi connectivity index (χ1) is 28.1. The molecule has 3 aliphatic heterocycles. The quantitative estimate of drug-likeness (QED) is 0.0215. The Morgan fingerprint density at radius 3 is 2.54 bits per heavy atom. The second-order valence-electron chi connectivity index (χ2n) is 15.9. The van der Waals surface area contributed by atoms with Crippen LogP contribution in [0.1, 0.15) is 58.8 Å². The van der Waals surface area contributed by atoms with Crippen LogP contribution in [-0.4, -0.2) is 158 Å². The molecule has 19 nitrogen and oxygen atoms in total. The minimum Gasteiger partial charge on any atom is -0.478 e. The molecular formula is C40H60N4O15. The number of aliphatic carboxylic acids is 1. The van der Waals surface area contributed by atoms with E-state index in [0.29, 0.717) is 37.7 Å². The number of β-amino-alcohol motifs (C(OH)–C–C–N with tert-alkyl or cyclic N) is 1. The molecule has 11 N–H and O–H groups in total. The molecule has 2 aliphatic carbocycles. The van der Waals surface area contributed by atoms with Crippen LogP contribution in [0.4, 0.5) is 0 Å². The van der Waals surface area contributed by atoms with Crippen LogP contribution < -0.4 is 11.1 Å². The number of allylic oxidation sites excluding steroid dienone is 1. The van der Waals surface area contributed by atoms with Gasteiger partial charge in [0.05, 0.1) is 54.4 Å². The Bertz CT molecular complexity index is 1660. The number of hydrogen-bond donors (Lipinski definition) is 10. The molecule has 330 valence electrons. The summed E-state index contributed by atoms with van der Waals surface area (Å²) in [7, 11) is 0. The van der Waals surface area contributed by atoms with Gasteiger partial charge in [-0.3, -0.25) is 4.99 Å². The Labute approximate surface area is 342 Å². The third kappa shape index (κ3) is 10.5. The molecule has 2 saturated carbocycles. The van der Waals surface area contributed by atoms with E-state index in [2.05, 4.69) is 16.9 Å². The number of ether oxygens (including phenoxy) is 5. The first-order valence-electron chi connectivity index (χ1n) is 20.1. The number of aliphatic hydroxyl groups excluding tert-OH is 5. The monoisotopic (exact) mass is 836 g/mol. The lowest BCUT2D eigenvalue weighted by Crippen LogP contribution is -2.69. The van der Waals surface area contributed by atoms with Crippen molar-refractivity contribution in [3.05, 3.63) is 59.7 Å². The van der Waals surface area contributed by atoms with Gasteiger partial charge in [0.15, 0.2) is 18.4 Å². The summed E-state index contributed by atoms with van der Waals surface area (Å²) in [4.78, 5) is 32.5. The smallest absolute Gasteiger partial charge is 0.339 e. The summed E-state index contributed by atoms with van der Waals surface area (Å²) in [5.74, 6) is -6.98. The highest BCUT2D eigenvalue weighted by molar-refractivity contribution is 5.95. The number of carbonyl (C=O) groups is 2. The van der Waals surface area contributed by atoms with Gasteiger partial charge in [0, 0.05) is 38.4 Å². The minimum atomic E-state index is -2.94. The first kappa shape index (κ1) is 46.2. The lowest BCUT2D eigenvalue weighted by atomic mass is 9.82. The Kier molecular flexibility index (Phi) is 15.7. The number of carboxylic acid groups (broad SMARTS) is 1. The van der Waals surface area contributed by atoms with Crippen molar-refractivity contribution in [1.29, 1.82) is 0 Å². The SMILES string of the molecule is C=C[C@H]1[C@H](O[C@@H]2O[C@H](CO)[C@@H](O)C(O)(O)[C@H]2OC(C)C)OC=C(C(=O)O[C@@H]2CC[C@]3(CCC[C@@H]3O)C2)[C@H]1/C=C/C1=C(NC(N)=NCCCO)C(C(=O)O)=CN(CCO)C1. The standard InChI is InChI=1S/C40H60N4O15/c1-4-25-26(9-8-23-18-44(14-16-46)19-27(34(50)51)31(23)43-38(41)42-13-6-15-45)28(35(52)57-24-10-12-39(17-24)11-5-7-30(39)48)21-55-36(25)59-37-33(56-22(2)3)40(53,54)32(49)29(20-47)58-37/h4,8-9,19,21-22,24-26,29-30,32-33,36-37,45-49,53-54H,1,5-7,10-18,20H2,2-3H3,(H,50,51)(H3,41,42,43)/b9-8+/t24-,25-,26+,29-,30+,32-,33+,36+,37+,39-/m1/s1. The van der Waals surface area contributed by atoms with Crippen LogP contribution in [0, 0.1) is 17.3 Å². The second kappa shape index (κ2) is 20.1. The maximum atomic E-state index is 14.1. The molecule has 3 heterocycles. The van der Waals surface area contributed by atoms with Crippen LogP contribution >= 0.6 is 0 Å². The van der Waals surface area contributed by atoms with Gasteiger partial charge in [-0.15, -0.1) is 6.58 Å². The van der Waals surface area contributed by atoms with Gasteiger partial charge in [0.25, 0.3) is 0 Å². The van der Waals surface area contributed by atoms with E-state index in [4.69, 9.17) is 29.4 Å². The van der Waals surface area contributed by atoms with Crippen LogP contribution in [-0.2, 0) is 33.3 Å². The van der Waals surface area contributed by atoms with Crippen molar-refractivity contribution in [3.63, 3.8) is 0 Å². The van der Waals surface area contributed by atoms with Gasteiger partial charge in [0.1, 0.15) is 18.3 Å². The maximum absolute atomic E-state index is 14.1. The van der Waals surface area contributed by atoms with Crippen molar-refractivity contribution in [2.45, 2.75) is 114 Å². The van der Waals surface area contributed by atoms with Crippen molar-refractivity contribution in [2.24, 2.45) is 28.0 Å². The fourth-order valence-corrected chi connectivity index (χ4v) is 8.49. The number of rotatable bonds is 17. The number of carboxylic acids is 1. The zero-order valence-electron chi connectivity index (χ0n) is 33.5. The zero-order valence-corrected chi connectivity index (χ0v) is 33.5. The van der Waals surface area contributed by atoms with Crippen LogP contribution in [0.3, 0.4) is 0 Å². The Morgan fingerprint density at radius 1 is 1.15 bits per heavy atom. The summed E-state index contributed by atoms with van der Waals surface area (Å²) in [5.41, 5.74) is 6.12. The van der Waals surface area contributed by atoms with E-state index < -0.39 is 85.4 Å². The normalized spacial score (nSPS) is 33.6. The van der Waals surface area contributed by atoms with E-state index in [-0.39, 0.29) is 61.1 Å². The number of aliphatic hydroxyl groups is 7. The predicted octanol–water partition coefficient (Wildman–Crippen LogP) is -0.785. The van der Waals surface area contributed by atoms with E-state index in [9.17, 15) is 50.4 Å². The molecule has 1 saturated heterocycles. The van der Waals surface area contributed by atoms with Crippen LogP contribution in [0.2, 0.25) is 0 Å². The van der Waals surface area contributed by atoms with Gasteiger partial charge in [-0.25, -0.2) is 9.59 Å². The Morgan fingerprint density at radius 2 is 1.92 bits per heavy atom. The third-order valence-electron chi connectivity index (χ3n) is 11.5. The number of hydrogen-bond acceptors (Lipinski definition) is 16. The number of nitrogens with zero attached hydrogens (tertiary/aromatic N) is 2. The lowest BCUT2D eigenvalue weighted by molar-refractivity contribution is -0.413. The molecule has 5 aliphatic rings. The molecule has 0 radical (unpaired) electrons. The summed E-state index contributed by atoms with van der Waals surface area (Å²) >= 11 is 0. The maximum Gasteiger partial charge on any atom is 0.339 e. The number of nitrogens with two attached hydrogens (primary N) is 1. The largest absolute Gasteiger partial charge is 0.478 e. The van der Waals surface area contributed by atoms with Crippen molar-refractivity contribution >= 4 is 17.9 Å². The van der Waals surface area contributed by atoms with Crippen LogP contribution in [0.25, 0.3) is 0 Å². The molecule has 1 spiro atoms. The number of nitrogens with one attached hydrogen (secondary N) is 1. The van der Waals surface area contributed by atoms with Gasteiger partial charge in [-0.05, 0) is 63.4 Å². The highest BCUT2D eigenvalue weighted by Gasteiger charge is 2.58. The average molecular weight is 837 g/mol. The molecule has 0 unspecified atom stereocenters. The molecule has 0 amide bonds. The van der Waals surface area contributed by atoms with Gasteiger partial charge in [-0.2, -0.15) is 0 Å². The van der Waals surface area contributed by atoms with Gasteiger partial charge in [-0.1, -0.05) is 24.6 Å². The van der Waals surface area contributed by atoms with Crippen molar-refractivity contribution in [2.75, 3.05) is 39.5 Å². The van der Waals surface area contributed by atoms with Crippen molar-refractivity contribution in [1.82, 2.24) is 10.2 Å². The number of aliphatic imine (C=N–C) groups is 1. The van der Waals surface area contributed by atoms with Crippen molar-refractivity contribution in [3.8, 4) is 0 Å². The predicted molar refractivity (Wildman–Crippen MR) is 208 cm³/mol. The van der Waals surface area contributed by atoms with Gasteiger partial charge >= 0.3 is 11.9 Å². The Balaban J connectivity index is 1.53. The molecule has 0 aromatic carbocycles. The molecule has 0 aromatic heterocycles. The third-order valence-corrected chi connectivity index (χ3v) is 11.5. The summed E-state index contributed by atoms with van der Waals surface area (Å²) in [5, 5.41) is 85.4. The highest BCUT2D eigenvalue weighted by atomic mass is 16.8. The molecule has 5 rings (SSSR count). The second-order valence-corrected chi connectivity index (χ2v) is 15.9. The lowest BCUT2D eigenvalue weighted by Gasteiger charge is -2.48. The van der Waals surface area contributed by atoms with E-state index >= 15 is 0 Å². The summed E-state index contributed by atoms with van der Waals surface area (Å²) < 4.78 is 29.8. The fraction of sp³-hybridized carbons (Fsp3) is 0.675. The summed E-state index contributed by atoms with van der Waals surface area (Å²) in [6.07, 6.45) is 1.90. The molecule has 0 aromatic rings. The molecule has 59 heavy (non-hydrogen) atoms. The number of esters is 1. The highest BCUT2D eigenvalue weighted by Crippen LogP contribution is 2.51. The zero-order chi connectivity index (χ0) is 43.1. The van der Waals surface area contributed by atoms with Crippen molar-refractivity contribution < 1.29 is 74.1 Å². The molecule has 3 fully saturated rings. The van der Waals surface area contributed by atoms with E-state index in [0.717, 1.165) is 19.1 Å². The van der Waals surface area contributed by atoms with E-state index in [1.165, 1.54) is 12.3 Å². The van der Waals surface area contributed by atoms with Gasteiger partial charge in [0.2, 0.25) is 12.1 Å². The van der Waals surface area contributed by atoms with Crippen LogP contribution in [0.15, 0.2) is 64.7 Å². The van der Waals surface area contributed by atoms with Gasteiger partial charge < -0.3 is 80.5 Å². The topological polar surface area (TPSA) is 296 Å². The van der Waals surface area contributed by atoms with E-state index in [1.54, 1.807) is 30.9 Å².